The summed E-state index contributed by atoms with van der Waals surface area (Å²) in [5.74, 6) is -1.56. The molecule has 2 aliphatic heterocycles. The minimum Gasteiger partial charge on any atom is -0.478 e. The van der Waals surface area contributed by atoms with Crippen molar-refractivity contribution in [3.05, 3.63) is 23.8 Å². The van der Waals surface area contributed by atoms with Crippen molar-refractivity contribution in [2.75, 3.05) is 0 Å². The van der Waals surface area contributed by atoms with Crippen LogP contribution in [0.2, 0.25) is 0 Å². The highest BCUT2D eigenvalue weighted by atomic mass is 16.5. The van der Waals surface area contributed by atoms with Crippen LogP contribution in [0.5, 0.6) is 0 Å². The topological polar surface area (TPSA) is 87.0 Å². The third-order valence-electron chi connectivity index (χ3n) is 5.90. The van der Waals surface area contributed by atoms with Gasteiger partial charge in [0.1, 0.15) is 0 Å². The molecule has 1 fully saturated rings. The van der Waals surface area contributed by atoms with Gasteiger partial charge < -0.3 is 20.1 Å². The predicted molar refractivity (Wildman–Crippen MR) is 96.2 cm³/mol. The lowest BCUT2D eigenvalue weighted by molar-refractivity contribution is -0.136. The molecule has 0 aromatic rings. The van der Waals surface area contributed by atoms with Crippen molar-refractivity contribution in [2.45, 2.75) is 83.2 Å². The predicted octanol–water partition coefficient (Wildman–Crippen LogP) is 3.06. The molecular formula is C20H32O5. The number of hydrogen-bond donors (Lipinski definition) is 3. The smallest absolute Gasteiger partial charge is 0.331 e. The Morgan fingerprint density at radius 1 is 1.44 bits per heavy atom. The third-order valence-corrected chi connectivity index (χ3v) is 5.90. The average molecular weight is 352 g/mol. The molecule has 3 N–H and O–H groups in total. The summed E-state index contributed by atoms with van der Waals surface area (Å²) in [6, 6.07) is 0. The van der Waals surface area contributed by atoms with E-state index in [0.29, 0.717) is 12.8 Å². The Hall–Kier alpha value is -1.17. The molecule has 0 radical (unpaired) electrons. The quantitative estimate of drug-likeness (QED) is 0.525. The second-order valence-corrected chi connectivity index (χ2v) is 8.07. The number of rotatable bonds is 2. The van der Waals surface area contributed by atoms with E-state index in [2.05, 4.69) is 19.6 Å². The van der Waals surface area contributed by atoms with Crippen LogP contribution in [0.25, 0.3) is 0 Å². The maximum Gasteiger partial charge on any atom is 0.331 e. The highest BCUT2D eigenvalue weighted by Crippen LogP contribution is 2.41. The molecule has 1 saturated heterocycles. The molecule has 2 rings (SSSR count). The summed E-state index contributed by atoms with van der Waals surface area (Å²) in [7, 11) is 0. The number of allylic oxidation sites excluding steroid dienone is 2. The van der Waals surface area contributed by atoms with Crippen molar-refractivity contribution in [3.63, 3.8) is 0 Å². The molecule has 0 saturated carbocycles. The summed E-state index contributed by atoms with van der Waals surface area (Å²) < 4.78 is 6.04. The van der Waals surface area contributed by atoms with Crippen LogP contribution in [0.15, 0.2) is 23.8 Å². The van der Waals surface area contributed by atoms with Gasteiger partial charge in [-0.25, -0.2) is 4.79 Å². The fourth-order valence-electron chi connectivity index (χ4n) is 3.99. The molecule has 6 atom stereocenters. The Morgan fingerprint density at radius 2 is 2.12 bits per heavy atom. The van der Waals surface area contributed by atoms with E-state index in [0.717, 1.165) is 25.7 Å². The van der Waals surface area contributed by atoms with Crippen molar-refractivity contribution in [2.24, 2.45) is 11.8 Å². The zero-order valence-corrected chi connectivity index (χ0v) is 15.6. The minimum absolute atomic E-state index is 0.00801. The van der Waals surface area contributed by atoms with Crippen LogP contribution < -0.4 is 0 Å². The molecule has 5 nitrogen and oxygen atoms in total. The molecule has 6 unspecified atom stereocenters. The van der Waals surface area contributed by atoms with Gasteiger partial charge >= 0.3 is 5.97 Å². The van der Waals surface area contributed by atoms with Crippen LogP contribution in [0.3, 0.4) is 0 Å². The standard InChI is InChI=1S/C20H32O5/c1-12-7-5-9-13(2)17(21)18-15(14(3)19(22)23)11-16(25-18)20(4,24)10-6-8-12/h8,13,15-18,21,24H,3,5-7,9-11H2,1-2,4H3,(H,22,23)/b12-8-. The van der Waals surface area contributed by atoms with Crippen LogP contribution in [-0.4, -0.2) is 45.2 Å². The summed E-state index contributed by atoms with van der Waals surface area (Å²) in [6.45, 7) is 9.50. The Kier molecular flexibility index (Phi) is 6.46. The molecule has 25 heavy (non-hydrogen) atoms. The zero-order chi connectivity index (χ0) is 18.8. The number of carbonyl (C=O) groups is 1. The van der Waals surface area contributed by atoms with Crippen LogP contribution in [0.4, 0.5) is 0 Å². The lowest BCUT2D eigenvalue weighted by Crippen LogP contribution is -2.41. The van der Waals surface area contributed by atoms with Crippen LogP contribution >= 0.6 is 0 Å². The summed E-state index contributed by atoms with van der Waals surface area (Å²) in [5.41, 5.74) is 0.289. The molecule has 0 spiro atoms. The Bertz CT molecular complexity index is 536. The maximum absolute atomic E-state index is 11.4. The van der Waals surface area contributed by atoms with E-state index < -0.39 is 35.8 Å². The normalized spacial score (nSPS) is 42.4. The fraction of sp³-hybridized carbons (Fsp3) is 0.750. The monoisotopic (exact) mass is 352 g/mol. The van der Waals surface area contributed by atoms with Gasteiger partial charge in [0.25, 0.3) is 0 Å². The SMILES string of the molecule is C=C(C(=O)O)C1CC2OC1C(O)C(C)CCC/C(C)=C\CCC2(C)O. The summed E-state index contributed by atoms with van der Waals surface area (Å²) in [5, 5.41) is 31.0. The molecule has 0 aliphatic carbocycles. The number of fused-ring (bicyclic) bond motifs is 2. The maximum atomic E-state index is 11.4. The van der Waals surface area contributed by atoms with E-state index in [4.69, 9.17) is 4.74 Å². The average Bonchev–Trinajstić information content (AvgIpc) is 2.98. The highest BCUT2D eigenvalue weighted by Gasteiger charge is 2.49. The molecule has 0 aromatic carbocycles. The first-order valence-corrected chi connectivity index (χ1v) is 9.27. The highest BCUT2D eigenvalue weighted by molar-refractivity contribution is 5.86. The Balaban J connectivity index is 2.30. The zero-order valence-electron chi connectivity index (χ0n) is 15.6. The molecule has 142 valence electrons. The number of ether oxygens (including phenoxy) is 1. The number of hydrogen-bond acceptors (Lipinski definition) is 4. The van der Waals surface area contributed by atoms with Crippen molar-refractivity contribution >= 4 is 5.97 Å². The number of aliphatic carboxylic acids is 1. The third kappa shape index (κ3) is 4.72. The van der Waals surface area contributed by atoms with Crippen LogP contribution in [-0.2, 0) is 9.53 Å². The first kappa shape index (κ1) is 20.1. The lowest BCUT2D eigenvalue weighted by atomic mass is 9.81. The summed E-state index contributed by atoms with van der Waals surface area (Å²) >= 11 is 0. The first-order chi connectivity index (χ1) is 11.6. The van der Waals surface area contributed by atoms with Crippen molar-refractivity contribution in [3.8, 4) is 0 Å². The Morgan fingerprint density at radius 3 is 2.76 bits per heavy atom. The molecule has 0 aromatic heterocycles. The Labute approximate surface area is 150 Å². The number of aliphatic hydroxyl groups is 2. The second kappa shape index (κ2) is 8.02. The molecule has 2 aliphatic rings. The van der Waals surface area contributed by atoms with Gasteiger partial charge in [-0.3, -0.25) is 0 Å². The number of carboxylic acids is 1. The largest absolute Gasteiger partial charge is 0.478 e. The van der Waals surface area contributed by atoms with Gasteiger partial charge in [-0.05, 0) is 58.3 Å². The van der Waals surface area contributed by atoms with E-state index in [1.807, 2.05) is 6.92 Å². The molecule has 5 heteroatoms. The van der Waals surface area contributed by atoms with Gasteiger partial charge in [-0.15, -0.1) is 0 Å². The van der Waals surface area contributed by atoms with Gasteiger partial charge in [-0.1, -0.05) is 25.2 Å². The van der Waals surface area contributed by atoms with E-state index in [1.54, 1.807) is 6.92 Å². The molecular weight excluding hydrogens is 320 g/mol. The van der Waals surface area contributed by atoms with Gasteiger partial charge in [0.05, 0.1) is 23.9 Å². The number of aliphatic hydroxyl groups excluding tert-OH is 1. The summed E-state index contributed by atoms with van der Waals surface area (Å²) in [6.07, 6.45) is 4.71. The van der Waals surface area contributed by atoms with E-state index in [-0.39, 0.29) is 11.5 Å². The molecule has 0 amide bonds. The van der Waals surface area contributed by atoms with Crippen LogP contribution in [0, 0.1) is 11.8 Å². The van der Waals surface area contributed by atoms with Gasteiger partial charge in [0, 0.05) is 11.5 Å². The summed E-state index contributed by atoms with van der Waals surface area (Å²) in [4.78, 5) is 11.4. The minimum atomic E-state index is -1.07. The van der Waals surface area contributed by atoms with E-state index >= 15 is 0 Å². The van der Waals surface area contributed by atoms with Crippen molar-refractivity contribution in [1.82, 2.24) is 0 Å². The van der Waals surface area contributed by atoms with Crippen molar-refractivity contribution in [1.29, 1.82) is 0 Å². The number of carboxylic acid groups (broad SMARTS) is 1. The van der Waals surface area contributed by atoms with E-state index in [9.17, 15) is 20.1 Å². The molecule has 2 heterocycles. The molecule has 2 bridgehead atoms. The van der Waals surface area contributed by atoms with Gasteiger partial charge in [0.2, 0.25) is 0 Å². The van der Waals surface area contributed by atoms with Gasteiger partial charge in [0.15, 0.2) is 0 Å². The second-order valence-electron chi connectivity index (χ2n) is 8.07. The van der Waals surface area contributed by atoms with E-state index in [1.165, 1.54) is 5.57 Å². The van der Waals surface area contributed by atoms with Crippen molar-refractivity contribution < 1.29 is 24.9 Å². The van der Waals surface area contributed by atoms with Crippen LogP contribution in [0.1, 0.15) is 59.3 Å². The van der Waals surface area contributed by atoms with Gasteiger partial charge in [-0.2, -0.15) is 0 Å². The fourth-order valence-corrected chi connectivity index (χ4v) is 3.99. The lowest BCUT2D eigenvalue weighted by Gasteiger charge is -2.31. The first-order valence-electron chi connectivity index (χ1n) is 9.27.